The molecule has 0 saturated heterocycles. The highest BCUT2D eigenvalue weighted by Crippen LogP contribution is 2.08. The average molecular weight is 368 g/mol. The van der Waals surface area contributed by atoms with E-state index in [1.54, 1.807) is 0 Å². The van der Waals surface area contributed by atoms with Crippen LogP contribution in [-0.4, -0.2) is 35.0 Å². The summed E-state index contributed by atoms with van der Waals surface area (Å²) in [7, 11) is 0. The predicted octanol–water partition coefficient (Wildman–Crippen LogP) is 1.94. The number of aliphatic carboxylic acids is 1. The Morgan fingerprint density at radius 2 is 1.41 bits per heavy atom. The lowest BCUT2D eigenvalue weighted by Gasteiger charge is -2.21. The molecule has 2 aromatic rings. The maximum atomic E-state index is 12.6. The molecule has 2 rings (SSSR count). The van der Waals surface area contributed by atoms with Crippen LogP contribution in [0.5, 0.6) is 0 Å². The summed E-state index contributed by atoms with van der Waals surface area (Å²) in [6.45, 7) is 1.33. The molecular weight excluding hydrogens is 344 g/mol. The Balaban J connectivity index is 2.02. The van der Waals surface area contributed by atoms with Gasteiger partial charge in [0.2, 0.25) is 11.8 Å². The van der Waals surface area contributed by atoms with E-state index in [9.17, 15) is 19.5 Å². The first-order valence-electron chi connectivity index (χ1n) is 8.84. The van der Waals surface area contributed by atoms with E-state index in [0.29, 0.717) is 6.42 Å². The largest absolute Gasteiger partial charge is 0.480 e. The first-order chi connectivity index (χ1) is 13.0. The molecule has 2 atom stereocenters. The Morgan fingerprint density at radius 1 is 0.852 bits per heavy atom. The van der Waals surface area contributed by atoms with Gasteiger partial charge in [-0.05, 0) is 24.0 Å². The maximum Gasteiger partial charge on any atom is 0.326 e. The monoisotopic (exact) mass is 368 g/mol. The molecule has 27 heavy (non-hydrogen) atoms. The molecule has 0 bridgehead atoms. The number of amides is 2. The van der Waals surface area contributed by atoms with Crippen molar-refractivity contribution in [2.75, 3.05) is 0 Å². The smallest absolute Gasteiger partial charge is 0.326 e. The number of carbonyl (C=O) groups excluding carboxylic acids is 2. The standard InChI is InChI=1S/C21H24N2O4/c1-15(24)22-19(14-17-10-6-3-7-11-17)20(25)23-18(21(26)27)13-12-16-8-4-2-5-9-16/h2-11,18-19H,12-14H2,1H3,(H,22,24)(H,23,25)(H,26,27)/t18-,19+/m0/s1. The summed E-state index contributed by atoms with van der Waals surface area (Å²) in [5.41, 5.74) is 1.88. The summed E-state index contributed by atoms with van der Waals surface area (Å²) in [6, 6.07) is 16.9. The molecule has 0 heterocycles. The van der Waals surface area contributed by atoms with Gasteiger partial charge in [0.05, 0.1) is 0 Å². The Morgan fingerprint density at radius 3 is 1.93 bits per heavy atom. The quantitative estimate of drug-likeness (QED) is 0.630. The van der Waals surface area contributed by atoms with Crippen LogP contribution in [0, 0.1) is 0 Å². The number of nitrogens with one attached hydrogen (secondary N) is 2. The van der Waals surface area contributed by atoms with E-state index in [1.165, 1.54) is 6.92 Å². The van der Waals surface area contributed by atoms with Crippen LogP contribution in [-0.2, 0) is 27.2 Å². The van der Waals surface area contributed by atoms with E-state index >= 15 is 0 Å². The molecule has 0 aromatic heterocycles. The summed E-state index contributed by atoms with van der Waals surface area (Å²) in [4.78, 5) is 35.6. The molecule has 6 nitrogen and oxygen atoms in total. The fraction of sp³-hybridized carbons (Fsp3) is 0.286. The van der Waals surface area contributed by atoms with Gasteiger partial charge in [0, 0.05) is 13.3 Å². The van der Waals surface area contributed by atoms with Crippen molar-refractivity contribution < 1.29 is 19.5 Å². The van der Waals surface area contributed by atoms with Crippen LogP contribution in [0.25, 0.3) is 0 Å². The van der Waals surface area contributed by atoms with Crippen LogP contribution in [0.4, 0.5) is 0 Å². The van der Waals surface area contributed by atoms with Crippen molar-refractivity contribution in [3.8, 4) is 0 Å². The minimum absolute atomic E-state index is 0.267. The number of carboxylic acids is 1. The van der Waals surface area contributed by atoms with Crippen molar-refractivity contribution in [2.24, 2.45) is 0 Å². The van der Waals surface area contributed by atoms with Gasteiger partial charge < -0.3 is 15.7 Å². The summed E-state index contributed by atoms with van der Waals surface area (Å²) in [6.07, 6.45) is 1.09. The van der Waals surface area contributed by atoms with E-state index < -0.39 is 24.0 Å². The maximum absolute atomic E-state index is 12.6. The van der Waals surface area contributed by atoms with E-state index in [-0.39, 0.29) is 18.7 Å². The highest BCUT2D eigenvalue weighted by molar-refractivity contribution is 5.90. The van der Waals surface area contributed by atoms with Crippen molar-refractivity contribution in [3.05, 3.63) is 71.8 Å². The summed E-state index contributed by atoms with van der Waals surface area (Å²) < 4.78 is 0. The van der Waals surface area contributed by atoms with Crippen LogP contribution in [0.3, 0.4) is 0 Å². The molecule has 6 heteroatoms. The topological polar surface area (TPSA) is 95.5 Å². The second-order valence-corrected chi connectivity index (χ2v) is 6.37. The fourth-order valence-electron chi connectivity index (χ4n) is 2.79. The molecule has 0 fully saturated rings. The zero-order chi connectivity index (χ0) is 19.6. The molecule has 0 unspecified atom stereocenters. The van der Waals surface area contributed by atoms with Gasteiger partial charge in [0.25, 0.3) is 0 Å². The molecule has 0 aliphatic rings. The van der Waals surface area contributed by atoms with Crippen LogP contribution < -0.4 is 10.6 Å². The van der Waals surface area contributed by atoms with E-state index in [2.05, 4.69) is 10.6 Å². The van der Waals surface area contributed by atoms with Crippen LogP contribution in [0.15, 0.2) is 60.7 Å². The van der Waals surface area contributed by atoms with Gasteiger partial charge in [0.15, 0.2) is 0 Å². The molecule has 0 saturated carbocycles. The minimum atomic E-state index is -1.10. The third-order valence-electron chi connectivity index (χ3n) is 4.16. The second kappa shape index (κ2) is 10.1. The van der Waals surface area contributed by atoms with Gasteiger partial charge in [-0.2, -0.15) is 0 Å². The molecule has 2 amide bonds. The summed E-state index contributed by atoms with van der Waals surface area (Å²) in [5.74, 6) is -1.95. The lowest BCUT2D eigenvalue weighted by molar-refractivity contribution is -0.142. The average Bonchev–Trinajstić information content (AvgIpc) is 2.65. The van der Waals surface area contributed by atoms with Gasteiger partial charge in [-0.1, -0.05) is 60.7 Å². The van der Waals surface area contributed by atoms with Crippen molar-refractivity contribution >= 4 is 17.8 Å². The first kappa shape index (κ1) is 20.2. The summed E-state index contributed by atoms with van der Waals surface area (Å²) in [5, 5.41) is 14.6. The van der Waals surface area contributed by atoms with Gasteiger partial charge in [-0.25, -0.2) is 4.79 Å². The number of aryl methyl sites for hydroxylation is 1. The first-order valence-corrected chi connectivity index (χ1v) is 8.84. The highest BCUT2D eigenvalue weighted by Gasteiger charge is 2.26. The number of carbonyl (C=O) groups is 3. The SMILES string of the molecule is CC(=O)N[C@H](Cc1ccccc1)C(=O)N[C@@H](CCc1ccccc1)C(=O)O. The molecule has 0 aliphatic carbocycles. The number of benzene rings is 2. The van der Waals surface area contributed by atoms with Crippen molar-refractivity contribution in [2.45, 2.75) is 38.3 Å². The van der Waals surface area contributed by atoms with Crippen LogP contribution >= 0.6 is 0 Å². The Hall–Kier alpha value is -3.15. The molecule has 2 aromatic carbocycles. The number of hydrogen-bond donors (Lipinski definition) is 3. The molecule has 142 valence electrons. The zero-order valence-electron chi connectivity index (χ0n) is 15.2. The molecule has 3 N–H and O–H groups in total. The number of hydrogen-bond acceptors (Lipinski definition) is 3. The number of rotatable bonds is 9. The van der Waals surface area contributed by atoms with Crippen molar-refractivity contribution in [1.29, 1.82) is 0 Å². The number of carboxylic acid groups (broad SMARTS) is 1. The Kier molecular flexibility index (Phi) is 7.55. The third kappa shape index (κ3) is 6.93. The Bertz CT molecular complexity index is 762. The van der Waals surface area contributed by atoms with Gasteiger partial charge >= 0.3 is 5.97 Å². The molecule has 0 spiro atoms. The Labute approximate surface area is 158 Å². The third-order valence-corrected chi connectivity index (χ3v) is 4.16. The van der Waals surface area contributed by atoms with Crippen molar-refractivity contribution in [3.63, 3.8) is 0 Å². The molecule has 0 aliphatic heterocycles. The molecular formula is C21H24N2O4. The van der Waals surface area contributed by atoms with Gasteiger partial charge in [0.1, 0.15) is 12.1 Å². The highest BCUT2D eigenvalue weighted by atomic mass is 16.4. The minimum Gasteiger partial charge on any atom is -0.480 e. The second-order valence-electron chi connectivity index (χ2n) is 6.37. The van der Waals surface area contributed by atoms with Gasteiger partial charge in [-0.3, -0.25) is 9.59 Å². The summed E-state index contributed by atoms with van der Waals surface area (Å²) >= 11 is 0. The van der Waals surface area contributed by atoms with Crippen molar-refractivity contribution in [1.82, 2.24) is 10.6 Å². The lowest BCUT2D eigenvalue weighted by atomic mass is 10.0. The van der Waals surface area contributed by atoms with Crippen LogP contribution in [0.1, 0.15) is 24.5 Å². The van der Waals surface area contributed by atoms with Gasteiger partial charge in [-0.15, -0.1) is 0 Å². The van der Waals surface area contributed by atoms with E-state index in [1.807, 2.05) is 60.7 Å². The van der Waals surface area contributed by atoms with E-state index in [4.69, 9.17) is 0 Å². The molecule has 0 radical (unpaired) electrons. The predicted molar refractivity (Wildman–Crippen MR) is 102 cm³/mol. The lowest BCUT2D eigenvalue weighted by Crippen LogP contribution is -2.52. The normalized spacial score (nSPS) is 12.6. The zero-order valence-corrected chi connectivity index (χ0v) is 15.2. The fourth-order valence-corrected chi connectivity index (χ4v) is 2.79. The van der Waals surface area contributed by atoms with E-state index in [0.717, 1.165) is 11.1 Å². The van der Waals surface area contributed by atoms with Crippen LogP contribution in [0.2, 0.25) is 0 Å².